The number of hydrogen-bond acceptors (Lipinski definition) is 2. The fourth-order valence-electron chi connectivity index (χ4n) is 3.49. The van der Waals surface area contributed by atoms with Crippen LogP contribution >= 0.6 is 0 Å². The second-order valence-electron chi connectivity index (χ2n) is 6.67. The average molecular weight is 307 g/mol. The number of nitrogens with zero attached hydrogens (tertiary/aromatic N) is 1. The van der Waals surface area contributed by atoms with E-state index in [1.54, 1.807) is 0 Å². The maximum absolute atomic E-state index is 11.9. The SMILES string of the molecule is CC1CC(N(Cc2ccccc2)Cc2ccccc2)CCC1=O. The third-order valence-corrected chi connectivity index (χ3v) is 4.87. The Balaban J connectivity index is 1.76. The largest absolute Gasteiger partial charge is 0.299 e. The van der Waals surface area contributed by atoms with Crippen LogP contribution in [0.5, 0.6) is 0 Å². The molecule has 3 rings (SSSR count). The molecular weight excluding hydrogens is 282 g/mol. The molecule has 0 spiro atoms. The van der Waals surface area contributed by atoms with E-state index in [1.807, 2.05) is 0 Å². The molecule has 0 amide bonds. The second kappa shape index (κ2) is 7.56. The Morgan fingerprint density at radius 1 is 0.913 bits per heavy atom. The normalized spacial score (nSPS) is 21.6. The number of hydrogen-bond donors (Lipinski definition) is 0. The van der Waals surface area contributed by atoms with Crippen molar-refractivity contribution < 1.29 is 4.79 Å². The van der Waals surface area contributed by atoms with E-state index >= 15 is 0 Å². The predicted octanol–water partition coefficient (Wildman–Crippen LogP) is 4.45. The summed E-state index contributed by atoms with van der Waals surface area (Å²) in [4.78, 5) is 14.4. The van der Waals surface area contributed by atoms with Crippen molar-refractivity contribution in [2.75, 3.05) is 0 Å². The van der Waals surface area contributed by atoms with Gasteiger partial charge in [-0.15, -0.1) is 0 Å². The summed E-state index contributed by atoms with van der Waals surface area (Å²) in [5.41, 5.74) is 2.68. The maximum atomic E-state index is 11.9. The molecule has 2 aromatic carbocycles. The number of rotatable bonds is 5. The molecule has 2 aromatic rings. The van der Waals surface area contributed by atoms with E-state index in [2.05, 4.69) is 72.5 Å². The van der Waals surface area contributed by atoms with Crippen LogP contribution in [0.2, 0.25) is 0 Å². The Bertz CT molecular complexity index is 581. The Morgan fingerprint density at radius 3 is 1.91 bits per heavy atom. The van der Waals surface area contributed by atoms with Crippen molar-refractivity contribution in [3.8, 4) is 0 Å². The van der Waals surface area contributed by atoms with Gasteiger partial charge in [-0.25, -0.2) is 0 Å². The van der Waals surface area contributed by atoms with Crippen LogP contribution < -0.4 is 0 Å². The van der Waals surface area contributed by atoms with Gasteiger partial charge in [0.05, 0.1) is 0 Å². The quantitative estimate of drug-likeness (QED) is 0.813. The summed E-state index contributed by atoms with van der Waals surface area (Å²) >= 11 is 0. The fraction of sp³-hybridized carbons (Fsp3) is 0.381. The van der Waals surface area contributed by atoms with Crippen LogP contribution in [-0.4, -0.2) is 16.7 Å². The van der Waals surface area contributed by atoms with Crippen molar-refractivity contribution in [3.63, 3.8) is 0 Å². The van der Waals surface area contributed by atoms with E-state index in [4.69, 9.17) is 0 Å². The highest BCUT2D eigenvalue weighted by atomic mass is 16.1. The first-order valence-corrected chi connectivity index (χ1v) is 8.57. The summed E-state index contributed by atoms with van der Waals surface area (Å²) in [5, 5.41) is 0. The lowest BCUT2D eigenvalue weighted by atomic mass is 9.84. The smallest absolute Gasteiger partial charge is 0.135 e. The second-order valence-corrected chi connectivity index (χ2v) is 6.67. The number of Topliss-reactive ketones (excluding diaryl/α,β-unsaturated/α-hetero) is 1. The summed E-state index contributed by atoms with van der Waals surface area (Å²) in [6, 6.07) is 21.8. The highest BCUT2D eigenvalue weighted by Crippen LogP contribution is 2.27. The number of carbonyl (C=O) groups is 1. The van der Waals surface area contributed by atoms with Crippen LogP contribution in [0.3, 0.4) is 0 Å². The van der Waals surface area contributed by atoms with Gasteiger partial charge in [-0.1, -0.05) is 67.6 Å². The minimum absolute atomic E-state index is 0.197. The molecule has 1 fully saturated rings. The summed E-state index contributed by atoms with van der Waals surface area (Å²) in [7, 11) is 0. The number of ketones is 1. The van der Waals surface area contributed by atoms with Gasteiger partial charge in [-0.05, 0) is 24.0 Å². The molecule has 0 aromatic heterocycles. The summed E-state index contributed by atoms with van der Waals surface area (Å²) in [6.45, 7) is 3.97. The van der Waals surface area contributed by atoms with E-state index in [0.29, 0.717) is 11.8 Å². The highest BCUT2D eigenvalue weighted by molar-refractivity contribution is 5.81. The van der Waals surface area contributed by atoms with Crippen molar-refractivity contribution in [2.24, 2.45) is 5.92 Å². The summed E-state index contributed by atoms with van der Waals surface area (Å²) in [5.74, 6) is 0.628. The maximum Gasteiger partial charge on any atom is 0.135 e. The topological polar surface area (TPSA) is 20.3 Å². The molecule has 1 saturated carbocycles. The van der Waals surface area contributed by atoms with E-state index in [-0.39, 0.29) is 5.92 Å². The van der Waals surface area contributed by atoms with Gasteiger partial charge >= 0.3 is 0 Å². The van der Waals surface area contributed by atoms with Crippen LogP contribution in [-0.2, 0) is 17.9 Å². The van der Waals surface area contributed by atoms with Crippen LogP contribution in [0, 0.1) is 5.92 Å². The lowest BCUT2D eigenvalue weighted by Crippen LogP contribution is -2.40. The first-order valence-electron chi connectivity index (χ1n) is 8.57. The zero-order valence-corrected chi connectivity index (χ0v) is 13.8. The monoisotopic (exact) mass is 307 g/mol. The molecule has 2 nitrogen and oxygen atoms in total. The van der Waals surface area contributed by atoms with E-state index in [1.165, 1.54) is 11.1 Å². The van der Waals surface area contributed by atoms with Gasteiger partial charge in [-0.2, -0.15) is 0 Å². The molecule has 1 aliphatic carbocycles. The summed E-state index contributed by atoms with van der Waals surface area (Å²) < 4.78 is 0. The van der Waals surface area contributed by atoms with Gasteiger partial charge in [-0.3, -0.25) is 9.69 Å². The molecule has 0 saturated heterocycles. The molecule has 0 heterocycles. The van der Waals surface area contributed by atoms with Gasteiger partial charge in [0.25, 0.3) is 0 Å². The molecule has 0 aliphatic heterocycles. The lowest BCUT2D eigenvalue weighted by Gasteiger charge is -2.36. The lowest BCUT2D eigenvalue weighted by molar-refractivity contribution is -0.125. The molecule has 0 radical (unpaired) electrons. The first kappa shape index (κ1) is 15.9. The van der Waals surface area contributed by atoms with Crippen molar-refractivity contribution in [2.45, 2.75) is 45.3 Å². The number of benzene rings is 2. The van der Waals surface area contributed by atoms with Crippen LogP contribution in [0.15, 0.2) is 60.7 Å². The van der Waals surface area contributed by atoms with Crippen molar-refractivity contribution in [1.29, 1.82) is 0 Å². The predicted molar refractivity (Wildman–Crippen MR) is 93.9 cm³/mol. The molecule has 120 valence electrons. The molecule has 1 aliphatic rings. The fourth-order valence-corrected chi connectivity index (χ4v) is 3.49. The standard InChI is InChI=1S/C21H25NO/c1-17-14-20(12-13-21(17)23)22(15-18-8-4-2-5-9-18)16-19-10-6-3-7-11-19/h2-11,17,20H,12-16H2,1H3. The van der Waals surface area contributed by atoms with Gasteiger partial charge in [0.2, 0.25) is 0 Å². The van der Waals surface area contributed by atoms with E-state index in [0.717, 1.165) is 32.4 Å². The average Bonchev–Trinajstić information content (AvgIpc) is 2.59. The Kier molecular flexibility index (Phi) is 5.24. The van der Waals surface area contributed by atoms with Gasteiger partial charge < -0.3 is 0 Å². The van der Waals surface area contributed by atoms with E-state index in [9.17, 15) is 4.79 Å². The van der Waals surface area contributed by atoms with Crippen molar-refractivity contribution in [3.05, 3.63) is 71.8 Å². The minimum atomic E-state index is 0.197. The minimum Gasteiger partial charge on any atom is -0.299 e. The van der Waals surface area contributed by atoms with Crippen LogP contribution in [0.25, 0.3) is 0 Å². The van der Waals surface area contributed by atoms with Gasteiger partial charge in [0.15, 0.2) is 0 Å². The van der Waals surface area contributed by atoms with Gasteiger partial charge in [0, 0.05) is 31.5 Å². The molecule has 2 heteroatoms. The van der Waals surface area contributed by atoms with Crippen LogP contribution in [0.1, 0.15) is 37.3 Å². The molecule has 2 unspecified atom stereocenters. The van der Waals surface area contributed by atoms with Crippen molar-refractivity contribution >= 4 is 5.78 Å². The Labute approximate surface area is 139 Å². The number of carbonyl (C=O) groups excluding carboxylic acids is 1. The Morgan fingerprint density at radius 2 is 1.43 bits per heavy atom. The van der Waals surface area contributed by atoms with E-state index < -0.39 is 0 Å². The zero-order chi connectivity index (χ0) is 16.1. The molecule has 23 heavy (non-hydrogen) atoms. The Hall–Kier alpha value is -1.93. The van der Waals surface area contributed by atoms with Crippen LogP contribution in [0.4, 0.5) is 0 Å². The highest BCUT2D eigenvalue weighted by Gasteiger charge is 2.29. The molecule has 0 bridgehead atoms. The van der Waals surface area contributed by atoms with Crippen molar-refractivity contribution in [1.82, 2.24) is 4.90 Å². The summed E-state index contributed by atoms with van der Waals surface area (Å²) in [6.07, 6.45) is 2.70. The first-order chi connectivity index (χ1) is 11.2. The molecule has 0 N–H and O–H groups in total. The molecular formula is C21H25NO. The van der Waals surface area contributed by atoms with Gasteiger partial charge in [0.1, 0.15) is 5.78 Å². The third kappa shape index (κ3) is 4.29. The third-order valence-electron chi connectivity index (χ3n) is 4.87. The zero-order valence-electron chi connectivity index (χ0n) is 13.8. The molecule has 2 atom stereocenters.